The number of unbranched alkanes of at least 4 members (excludes halogenated alkanes) is 1. The Morgan fingerprint density at radius 2 is 2.13 bits per heavy atom. The number of esters is 1. The van der Waals surface area contributed by atoms with Gasteiger partial charge in [0.1, 0.15) is 0 Å². The number of rotatable bonds is 9. The number of alkyl halides is 1. The van der Waals surface area contributed by atoms with Crippen molar-refractivity contribution < 1.29 is 9.53 Å². The summed E-state index contributed by atoms with van der Waals surface area (Å²) >= 11 is 7.93. The van der Waals surface area contributed by atoms with E-state index in [2.05, 4.69) is 6.26 Å². The third-order valence-electron chi connectivity index (χ3n) is 2.09. The van der Waals surface area contributed by atoms with Crippen LogP contribution in [0.2, 0.25) is 0 Å². The topological polar surface area (TPSA) is 26.3 Å². The van der Waals surface area contributed by atoms with E-state index in [1.54, 1.807) is 0 Å². The van der Waals surface area contributed by atoms with E-state index in [9.17, 15) is 4.79 Å². The smallest absolute Gasteiger partial charge is 0.305 e. The molecule has 0 saturated carbocycles. The summed E-state index contributed by atoms with van der Waals surface area (Å²) in [6.45, 7) is 2.31. The molecule has 0 aromatic heterocycles. The number of carbonyl (C=O) groups excluding carboxylic acids is 1. The van der Waals surface area contributed by atoms with Crippen LogP contribution in [0.5, 0.6) is 0 Å². The van der Waals surface area contributed by atoms with Crippen molar-refractivity contribution in [3.05, 3.63) is 0 Å². The third kappa shape index (κ3) is 10.4. The lowest BCUT2D eigenvalue weighted by molar-refractivity contribution is -0.143. The van der Waals surface area contributed by atoms with Crippen LogP contribution in [-0.4, -0.2) is 30.0 Å². The Labute approximate surface area is 102 Å². The highest BCUT2D eigenvalue weighted by Gasteiger charge is 2.05. The van der Waals surface area contributed by atoms with Crippen LogP contribution in [-0.2, 0) is 9.53 Å². The zero-order valence-corrected chi connectivity index (χ0v) is 11.2. The van der Waals surface area contributed by atoms with Crippen LogP contribution in [0.3, 0.4) is 0 Å². The van der Waals surface area contributed by atoms with Crippen molar-refractivity contribution in [2.45, 2.75) is 44.4 Å². The summed E-state index contributed by atoms with van der Waals surface area (Å²) < 4.78 is 4.84. The van der Waals surface area contributed by atoms with Gasteiger partial charge in [0.05, 0.1) is 6.61 Å². The molecule has 0 spiro atoms. The number of hydrogen-bond acceptors (Lipinski definition) is 3. The largest absolute Gasteiger partial charge is 0.466 e. The Bertz CT molecular complexity index is 165. The van der Waals surface area contributed by atoms with E-state index in [-0.39, 0.29) is 11.3 Å². The lowest BCUT2D eigenvalue weighted by Gasteiger charge is -2.07. The minimum atomic E-state index is -0.0901. The second-order valence-corrected chi connectivity index (χ2v) is 5.03. The van der Waals surface area contributed by atoms with E-state index >= 15 is 0 Å². The number of ether oxygens (including phenoxy) is 1. The Hall–Kier alpha value is 0.110. The molecule has 1 unspecified atom stereocenters. The van der Waals surface area contributed by atoms with Gasteiger partial charge in [-0.25, -0.2) is 0 Å². The molecule has 0 radical (unpaired) electrons. The summed E-state index contributed by atoms with van der Waals surface area (Å²) in [5.41, 5.74) is 0. The van der Waals surface area contributed by atoms with Gasteiger partial charge in [-0.1, -0.05) is 6.42 Å². The molecule has 0 fully saturated rings. The van der Waals surface area contributed by atoms with Gasteiger partial charge in [-0.15, -0.1) is 11.6 Å². The highest BCUT2D eigenvalue weighted by molar-refractivity contribution is 7.98. The molecule has 0 aliphatic rings. The van der Waals surface area contributed by atoms with Gasteiger partial charge in [-0.3, -0.25) is 4.79 Å². The first-order chi connectivity index (χ1) is 7.20. The molecule has 0 saturated heterocycles. The fourth-order valence-electron chi connectivity index (χ4n) is 1.26. The van der Waals surface area contributed by atoms with E-state index in [0.29, 0.717) is 13.0 Å². The summed E-state index contributed by atoms with van der Waals surface area (Å²) in [5.74, 6) is 1.03. The molecule has 4 heteroatoms. The van der Waals surface area contributed by atoms with E-state index in [4.69, 9.17) is 16.3 Å². The Kier molecular flexibility index (Phi) is 10.7. The van der Waals surface area contributed by atoms with Gasteiger partial charge in [0.25, 0.3) is 0 Å². The average molecular weight is 253 g/mol. The molecule has 15 heavy (non-hydrogen) atoms. The standard InChI is InChI=1S/C11H21ClO2S/c1-3-14-11(13)7-5-4-6-10(12)8-9-15-2/h10H,3-9H2,1-2H3. The fourth-order valence-corrected chi connectivity index (χ4v) is 2.17. The molecule has 0 aromatic carbocycles. The molecular formula is C11H21ClO2S. The summed E-state index contributed by atoms with van der Waals surface area (Å²) in [5, 5.41) is 0.264. The van der Waals surface area contributed by atoms with Crippen molar-refractivity contribution in [1.82, 2.24) is 0 Å². The fraction of sp³-hybridized carbons (Fsp3) is 0.909. The molecule has 0 amide bonds. The van der Waals surface area contributed by atoms with Gasteiger partial charge in [0.15, 0.2) is 0 Å². The van der Waals surface area contributed by atoms with Crippen molar-refractivity contribution in [3.8, 4) is 0 Å². The van der Waals surface area contributed by atoms with Crippen molar-refractivity contribution >= 4 is 29.3 Å². The normalized spacial score (nSPS) is 12.5. The minimum Gasteiger partial charge on any atom is -0.466 e. The maximum absolute atomic E-state index is 11.0. The van der Waals surface area contributed by atoms with E-state index in [1.807, 2.05) is 18.7 Å². The van der Waals surface area contributed by atoms with Crippen LogP contribution in [0.15, 0.2) is 0 Å². The molecule has 90 valence electrons. The third-order valence-corrected chi connectivity index (χ3v) is 3.17. The molecule has 0 N–H and O–H groups in total. The zero-order chi connectivity index (χ0) is 11.5. The maximum atomic E-state index is 11.0. The minimum absolute atomic E-state index is 0.0901. The summed E-state index contributed by atoms with van der Waals surface area (Å²) in [6.07, 6.45) is 6.58. The van der Waals surface area contributed by atoms with Crippen LogP contribution in [0.4, 0.5) is 0 Å². The molecule has 0 aliphatic heterocycles. The van der Waals surface area contributed by atoms with E-state index in [1.165, 1.54) is 0 Å². The summed E-state index contributed by atoms with van der Waals surface area (Å²) in [6, 6.07) is 0. The lowest BCUT2D eigenvalue weighted by atomic mass is 10.1. The van der Waals surface area contributed by atoms with Crippen LogP contribution >= 0.6 is 23.4 Å². The highest BCUT2D eigenvalue weighted by Crippen LogP contribution is 2.14. The van der Waals surface area contributed by atoms with Crippen molar-refractivity contribution in [1.29, 1.82) is 0 Å². The highest BCUT2D eigenvalue weighted by atomic mass is 35.5. The molecular weight excluding hydrogens is 232 g/mol. The lowest BCUT2D eigenvalue weighted by Crippen LogP contribution is -2.04. The molecule has 1 atom stereocenters. The van der Waals surface area contributed by atoms with Crippen LogP contribution in [0, 0.1) is 0 Å². The Morgan fingerprint density at radius 1 is 1.40 bits per heavy atom. The zero-order valence-electron chi connectivity index (χ0n) is 9.63. The summed E-state index contributed by atoms with van der Waals surface area (Å²) in [7, 11) is 0. The van der Waals surface area contributed by atoms with Gasteiger partial charge < -0.3 is 4.74 Å². The van der Waals surface area contributed by atoms with E-state index < -0.39 is 0 Å². The van der Waals surface area contributed by atoms with Gasteiger partial charge in [-0.05, 0) is 38.2 Å². The number of hydrogen-bond donors (Lipinski definition) is 0. The molecule has 0 bridgehead atoms. The predicted molar refractivity (Wildman–Crippen MR) is 67.7 cm³/mol. The summed E-state index contributed by atoms with van der Waals surface area (Å²) in [4.78, 5) is 11.0. The molecule has 0 aromatic rings. The van der Waals surface area contributed by atoms with Gasteiger partial charge >= 0.3 is 5.97 Å². The molecule has 2 nitrogen and oxygen atoms in total. The Morgan fingerprint density at radius 3 is 2.73 bits per heavy atom. The van der Waals surface area contributed by atoms with Crippen LogP contribution in [0.1, 0.15) is 39.0 Å². The van der Waals surface area contributed by atoms with Crippen molar-refractivity contribution in [3.63, 3.8) is 0 Å². The maximum Gasteiger partial charge on any atom is 0.305 e. The van der Waals surface area contributed by atoms with Gasteiger partial charge in [0, 0.05) is 11.8 Å². The predicted octanol–water partition coefficient (Wildman–Crippen LogP) is 3.47. The number of halogens is 1. The van der Waals surface area contributed by atoms with Gasteiger partial charge in [-0.2, -0.15) is 11.8 Å². The number of thioether (sulfide) groups is 1. The SMILES string of the molecule is CCOC(=O)CCCCC(Cl)CCSC. The van der Waals surface area contributed by atoms with E-state index in [0.717, 1.165) is 31.4 Å². The average Bonchev–Trinajstić information content (AvgIpc) is 2.22. The second-order valence-electron chi connectivity index (χ2n) is 3.43. The monoisotopic (exact) mass is 252 g/mol. The molecule has 0 aliphatic carbocycles. The quantitative estimate of drug-likeness (QED) is 0.357. The van der Waals surface area contributed by atoms with Crippen LogP contribution in [0.25, 0.3) is 0 Å². The Balaban J connectivity index is 3.26. The van der Waals surface area contributed by atoms with Crippen molar-refractivity contribution in [2.75, 3.05) is 18.6 Å². The number of carbonyl (C=O) groups is 1. The molecule has 0 rings (SSSR count). The molecule has 0 heterocycles. The second kappa shape index (κ2) is 10.6. The first-order valence-electron chi connectivity index (χ1n) is 5.49. The van der Waals surface area contributed by atoms with Crippen molar-refractivity contribution in [2.24, 2.45) is 0 Å². The van der Waals surface area contributed by atoms with Crippen LogP contribution < -0.4 is 0 Å². The van der Waals surface area contributed by atoms with Gasteiger partial charge in [0.2, 0.25) is 0 Å². The first kappa shape index (κ1) is 15.1. The first-order valence-corrected chi connectivity index (χ1v) is 7.32.